The van der Waals surface area contributed by atoms with Crippen molar-refractivity contribution in [3.05, 3.63) is 18.0 Å². The van der Waals surface area contributed by atoms with Gasteiger partial charge in [0.05, 0.1) is 26.5 Å². The van der Waals surface area contributed by atoms with Gasteiger partial charge in [-0.2, -0.15) is 0 Å². The highest BCUT2D eigenvalue weighted by Gasteiger charge is 2.10. The van der Waals surface area contributed by atoms with Gasteiger partial charge in [0.25, 0.3) is 0 Å². The summed E-state index contributed by atoms with van der Waals surface area (Å²) in [6, 6.07) is 1.79. The van der Waals surface area contributed by atoms with Gasteiger partial charge >= 0.3 is 0 Å². The number of hydrogen-bond donors (Lipinski definition) is 1. The lowest BCUT2D eigenvalue weighted by atomic mass is 10.2. The minimum Gasteiger partial charge on any atom is -0.493 e. The molecule has 0 atom stereocenters. The van der Waals surface area contributed by atoms with Crippen LogP contribution in [0.25, 0.3) is 0 Å². The van der Waals surface area contributed by atoms with E-state index in [1.165, 1.54) is 0 Å². The Morgan fingerprint density at radius 2 is 2.00 bits per heavy atom. The predicted octanol–water partition coefficient (Wildman–Crippen LogP) is 0.877. The van der Waals surface area contributed by atoms with E-state index < -0.39 is 0 Å². The van der Waals surface area contributed by atoms with E-state index in [9.17, 15) is 0 Å². The molecule has 1 N–H and O–H groups in total. The maximum absolute atomic E-state index is 5.31. The van der Waals surface area contributed by atoms with Crippen molar-refractivity contribution in [3.8, 4) is 11.5 Å². The van der Waals surface area contributed by atoms with Gasteiger partial charge in [-0.15, -0.1) is 0 Å². The summed E-state index contributed by atoms with van der Waals surface area (Å²) in [6.07, 6.45) is 2.52. The van der Waals surface area contributed by atoms with E-state index in [1.807, 2.05) is 0 Å². The first-order valence-electron chi connectivity index (χ1n) is 5.59. The van der Waals surface area contributed by atoms with Gasteiger partial charge in [-0.25, -0.2) is 0 Å². The summed E-state index contributed by atoms with van der Waals surface area (Å²) in [4.78, 5) is 4.30. The zero-order valence-corrected chi connectivity index (χ0v) is 10.7. The van der Waals surface area contributed by atoms with Gasteiger partial charge in [-0.1, -0.05) is 0 Å². The lowest BCUT2D eigenvalue weighted by molar-refractivity contribution is 0.199. The Bertz CT molecular complexity index is 332. The topological polar surface area (TPSA) is 52.6 Å². The van der Waals surface area contributed by atoms with E-state index in [2.05, 4.69) is 10.3 Å². The average molecular weight is 240 g/mol. The highest BCUT2D eigenvalue weighted by molar-refractivity contribution is 5.42. The number of methoxy groups -OCH3 is 3. The number of ether oxygens (including phenoxy) is 3. The smallest absolute Gasteiger partial charge is 0.182 e. The van der Waals surface area contributed by atoms with Crippen molar-refractivity contribution in [2.24, 2.45) is 0 Å². The second-order valence-corrected chi connectivity index (χ2v) is 3.49. The largest absolute Gasteiger partial charge is 0.493 e. The Hall–Kier alpha value is -1.33. The summed E-state index contributed by atoms with van der Waals surface area (Å²) in [6.45, 7) is 2.38. The van der Waals surface area contributed by atoms with Crippen LogP contribution >= 0.6 is 0 Å². The van der Waals surface area contributed by atoms with Crippen LogP contribution in [-0.2, 0) is 11.2 Å². The van der Waals surface area contributed by atoms with Crippen LogP contribution < -0.4 is 14.8 Å². The van der Waals surface area contributed by atoms with Gasteiger partial charge in [0.1, 0.15) is 0 Å². The highest BCUT2D eigenvalue weighted by atomic mass is 16.5. The van der Waals surface area contributed by atoms with E-state index >= 15 is 0 Å². The van der Waals surface area contributed by atoms with E-state index in [0.717, 1.165) is 31.0 Å². The van der Waals surface area contributed by atoms with Gasteiger partial charge < -0.3 is 19.5 Å². The average Bonchev–Trinajstić information content (AvgIpc) is 2.38. The van der Waals surface area contributed by atoms with Crippen LogP contribution in [0.5, 0.6) is 11.5 Å². The summed E-state index contributed by atoms with van der Waals surface area (Å²) in [5.74, 6) is 1.43. The van der Waals surface area contributed by atoms with Gasteiger partial charge in [-0.05, 0) is 0 Å². The van der Waals surface area contributed by atoms with Crippen LogP contribution in [0.15, 0.2) is 12.3 Å². The minimum atomic E-state index is 0.711. The van der Waals surface area contributed by atoms with Crippen molar-refractivity contribution in [2.75, 3.05) is 41.0 Å². The van der Waals surface area contributed by atoms with Crippen molar-refractivity contribution in [1.82, 2.24) is 10.3 Å². The number of hydrogen-bond acceptors (Lipinski definition) is 5. The van der Waals surface area contributed by atoms with Crippen molar-refractivity contribution in [1.29, 1.82) is 0 Å². The maximum Gasteiger partial charge on any atom is 0.182 e. The normalized spacial score (nSPS) is 10.3. The van der Waals surface area contributed by atoms with Gasteiger partial charge in [-0.3, -0.25) is 4.98 Å². The molecule has 1 rings (SSSR count). The zero-order chi connectivity index (χ0) is 12.5. The Morgan fingerprint density at radius 3 is 2.65 bits per heavy atom. The van der Waals surface area contributed by atoms with Crippen LogP contribution in [0.1, 0.15) is 5.69 Å². The molecule has 1 heterocycles. The molecular weight excluding hydrogens is 220 g/mol. The molecule has 0 unspecified atom stereocenters. The molecular formula is C12H20N2O3. The molecule has 0 aliphatic heterocycles. The first-order valence-corrected chi connectivity index (χ1v) is 5.59. The Labute approximate surface area is 102 Å². The van der Waals surface area contributed by atoms with Crippen LogP contribution in [-0.4, -0.2) is 46.0 Å². The number of pyridine rings is 1. The predicted molar refractivity (Wildman–Crippen MR) is 65.8 cm³/mol. The SMILES string of the molecule is COCCNCCc1nccc(OC)c1OC. The number of nitrogens with zero attached hydrogens (tertiary/aromatic N) is 1. The maximum atomic E-state index is 5.31. The monoisotopic (exact) mass is 240 g/mol. The fraction of sp³-hybridized carbons (Fsp3) is 0.583. The Balaban J connectivity index is 2.52. The summed E-state index contributed by atoms with van der Waals surface area (Å²) in [5, 5.41) is 3.26. The van der Waals surface area contributed by atoms with Crippen molar-refractivity contribution in [3.63, 3.8) is 0 Å². The fourth-order valence-electron chi connectivity index (χ4n) is 1.53. The standard InChI is InChI=1S/C12H20N2O3/c1-15-9-8-13-6-4-10-12(17-3)11(16-2)5-7-14-10/h5,7,13H,4,6,8-9H2,1-3H3. The van der Waals surface area contributed by atoms with E-state index in [-0.39, 0.29) is 0 Å². The van der Waals surface area contributed by atoms with Crippen molar-refractivity contribution < 1.29 is 14.2 Å². The first-order chi connectivity index (χ1) is 8.33. The molecule has 17 heavy (non-hydrogen) atoms. The summed E-state index contributed by atoms with van der Waals surface area (Å²) >= 11 is 0. The number of rotatable bonds is 8. The molecule has 1 aromatic rings. The van der Waals surface area contributed by atoms with Gasteiger partial charge in [0.15, 0.2) is 11.5 Å². The number of nitrogens with one attached hydrogen (secondary N) is 1. The van der Waals surface area contributed by atoms with Crippen molar-refractivity contribution >= 4 is 0 Å². The second kappa shape index (κ2) is 7.86. The molecule has 0 aromatic carbocycles. The Morgan fingerprint density at radius 1 is 1.18 bits per heavy atom. The minimum absolute atomic E-state index is 0.711. The molecule has 0 spiro atoms. The third-order valence-electron chi connectivity index (χ3n) is 2.39. The summed E-state index contributed by atoms with van der Waals surface area (Å²) < 4.78 is 15.5. The molecule has 0 radical (unpaired) electrons. The molecule has 0 saturated carbocycles. The van der Waals surface area contributed by atoms with Crippen LogP contribution in [0.4, 0.5) is 0 Å². The van der Waals surface area contributed by atoms with Crippen LogP contribution in [0, 0.1) is 0 Å². The quantitative estimate of drug-likeness (QED) is 0.684. The third-order valence-corrected chi connectivity index (χ3v) is 2.39. The van der Waals surface area contributed by atoms with E-state index in [4.69, 9.17) is 14.2 Å². The lowest BCUT2D eigenvalue weighted by Gasteiger charge is -2.11. The first kappa shape index (κ1) is 13.7. The summed E-state index contributed by atoms with van der Waals surface area (Å²) in [7, 11) is 4.94. The Kier molecular flexibility index (Phi) is 6.35. The molecule has 0 aliphatic rings. The van der Waals surface area contributed by atoms with Crippen LogP contribution in [0.2, 0.25) is 0 Å². The van der Waals surface area contributed by atoms with E-state index in [0.29, 0.717) is 12.4 Å². The third kappa shape index (κ3) is 4.20. The molecule has 0 fully saturated rings. The fourth-order valence-corrected chi connectivity index (χ4v) is 1.53. The van der Waals surface area contributed by atoms with Crippen molar-refractivity contribution in [2.45, 2.75) is 6.42 Å². The molecule has 1 aromatic heterocycles. The molecule has 0 amide bonds. The molecule has 0 aliphatic carbocycles. The van der Waals surface area contributed by atoms with Crippen LogP contribution in [0.3, 0.4) is 0 Å². The molecule has 5 heteroatoms. The molecule has 5 nitrogen and oxygen atoms in total. The zero-order valence-electron chi connectivity index (χ0n) is 10.7. The second-order valence-electron chi connectivity index (χ2n) is 3.49. The lowest BCUT2D eigenvalue weighted by Crippen LogP contribution is -2.22. The number of aromatic nitrogens is 1. The molecule has 0 bridgehead atoms. The highest BCUT2D eigenvalue weighted by Crippen LogP contribution is 2.28. The molecule has 0 saturated heterocycles. The molecule has 96 valence electrons. The van der Waals surface area contributed by atoms with E-state index in [1.54, 1.807) is 33.6 Å². The van der Waals surface area contributed by atoms with Gasteiger partial charge in [0, 0.05) is 38.9 Å². The summed E-state index contributed by atoms with van der Waals surface area (Å²) in [5.41, 5.74) is 0.900. The van der Waals surface area contributed by atoms with Gasteiger partial charge in [0.2, 0.25) is 0 Å².